The van der Waals surface area contributed by atoms with Gasteiger partial charge >= 0.3 is 0 Å². The molecule has 3 aromatic rings. The van der Waals surface area contributed by atoms with Crippen LogP contribution in [0.25, 0.3) is 5.76 Å². The largest absolute Gasteiger partial charge is 0.507 e. The summed E-state index contributed by atoms with van der Waals surface area (Å²) < 4.78 is 11.0. The Morgan fingerprint density at radius 1 is 0.973 bits per heavy atom. The molecule has 1 aliphatic rings. The van der Waals surface area contributed by atoms with Gasteiger partial charge in [-0.05, 0) is 85.3 Å². The molecule has 0 saturated carbocycles. The van der Waals surface area contributed by atoms with Crippen LogP contribution >= 0.6 is 0 Å². The maximum absolute atomic E-state index is 13.5. The molecule has 1 fully saturated rings. The van der Waals surface area contributed by atoms with E-state index in [1.165, 1.54) is 4.90 Å². The molecule has 3 aromatic carbocycles. The lowest BCUT2D eigenvalue weighted by atomic mass is 9.93. The first kappa shape index (κ1) is 26.0. The molecule has 0 bridgehead atoms. The fraction of sp³-hybridized carbons (Fsp3) is 0.290. The number of benzene rings is 3. The predicted molar refractivity (Wildman–Crippen MR) is 145 cm³/mol. The number of carbonyl (C=O) groups excluding carboxylic acids is 2. The molecule has 6 nitrogen and oxygen atoms in total. The number of anilines is 1. The summed E-state index contributed by atoms with van der Waals surface area (Å²) in [5, 5.41) is 11.5. The van der Waals surface area contributed by atoms with Gasteiger partial charge in [-0.25, -0.2) is 0 Å². The second-order valence-electron chi connectivity index (χ2n) is 9.55. The number of aliphatic hydroxyl groups is 1. The molecule has 1 N–H and O–H groups in total. The van der Waals surface area contributed by atoms with Crippen LogP contribution in [0.3, 0.4) is 0 Å². The third-order valence-electron chi connectivity index (χ3n) is 6.79. The van der Waals surface area contributed by atoms with Crippen molar-refractivity contribution in [1.29, 1.82) is 0 Å². The number of rotatable bonds is 7. The number of hydrogen-bond acceptors (Lipinski definition) is 5. The SMILES string of the molecule is CCOc1ccc(C2/C(=C(\O)c3cc(C)c(OC)cc3C)C(=O)C(=O)N2c2ccc(C(C)C)cc2)cc1. The fourth-order valence-electron chi connectivity index (χ4n) is 4.76. The Morgan fingerprint density at radius 3 is 2.19 bits per heavy atom. The van der Waals surface area contributed by atoms with Crippen molar-refractivity contribution in [2.45, 2.75) is 46.6 Å². The highest BCUT2D eigenvalue weighted by Gasteiger charge is 2.47. The summed E-state index contributed by atoms with van der Waals surface area (Å²) >= 11 is 0. The maximum atomic E-state index is 13.5. The summed E-state index contributed by atoms with van der Waals surface area (Å²) in [4.78, 5) is 28.4. The number of hydrogen-bond donors (Lipinski definition) is 1. The van der Waals surface area contributed by atoms with Crippen LogP contribution in [0.5, 0.6) is 11.5 Å². The molecule has 1 amide bonds. The van der Waals surface area contributed by atoms with Gasteiger partial charge in [0.05, 0.1) is 25.3 Å². The third kappa shape index (κ3) is 4.84. The predicted octanol–water partition coefficient (Wildman–Crippen LogP) is 6.46. The molecule has 0 aliphatic carbocycles. The van der Waals surface area contributed by atoms with E-state index in [1.54, 1.807) is 13.2 Å². The summed E-state index contributed by atoms with van der Waals surface area (Å²) in [7, 11) is 1.59. The van der Waals surface area contributed by atoms with E-state index in [9.17, 15) is 14.7 Å². The van der Waals surface area contributed by atoms with Crippen LogP contribution in [0.2, 0.25) is 0 Å². The van der Waals surface area contributed by atoms with Crippen LogP contribution in [-0.4, -0.2) is 30.5 Å². The van der Waals surface area contributed by atoms with E-state index in [2.05, 4.69) is 13.8 Å². The highest BCUT2D eigenvalue weighted by molar-refractivity contribution is 6.51. The second-order valence-corrected chi connectivity index (χ2v) is 9.55. The van der Waals surface area contributed by atoms with Gasteiger partial charge < -0.3 is 14.6 Å². The second kappa shape index (κ2) is 10.5. The molecule has 4 rings (SSSR count). The molecule has 0 spiro atoms. The van der Waals surface area contributed by atoms with Gasteiger partial charge in [0, 0.05) is 11.3 Å². The van der Waals surface area contributed by atoms with E-state index >= 15 is 0 Å². The minimum atomic E-state index is -0.803. The molecule has 1 atom stereocenters. The molecule has 6 heteroatoms. The van der Waals surface area contributed by atoms with Crippen LogP contribution in [0.4, 0.5) is 5.69 Å². The quantitative estimate of drug-likeness (QED) is 0.229. The van der Waals surface area contributed by atoms with Crippen LogP contribution in [0.15, 0.2) is 66.2 Å². The number of nitrogens with zero attached hydrogens (tertiary/aromatic N) is 1. The summed E-state index contributed by atoms with van der Waals surface area (Å²) in [6.45, 7) is 10.3. The minimum absolute atomic E-state index is 0.0507. The molecule has 0 radical (unpaired) electrons. The number of aryl methyl sites for hydroxylation is 2. The van der Waals surface area contributed by atoms with Crippen molar-refractivity contribution in [3.63, 3.8) is 0 Å². The monoisotopic (exact) mass is 499 g/mol. The Morgan fingerprint density at radius 2 is 1.62 bits per heavy atom. The summed E-state index contributed by atoms with van der Waals surface area (Å²) in [6, 6.07) is 17.7. The van der Waals surface area contributed by atoms with Crippen LogP contribution in [0, 0.1) is 13.8 Å². The molecule has 1 aliphatic heterocycles. The number of Topliss-reactive ketones (excluding diaryl/α,β-unsaturated/α-hetero) is 1. The number of ketones is 1. The van der Waals surface area contributed by atoms with Gasteiger partial charge in [-0.2, -0.15) is 0 Å². The zero-order chi connectivity index (χ0) is 26.9. The smallest absolute Gasteiger partial charge is 0.300 e. The molecule has 192 valence electrons. The third-order valence-corrected chi connectivity index (χ3v) is 6.79. The van der Waals surface area contributed by atoms with Crippen LogP contribution in [0.1, 0.15) is 60.5 Å². The Labute approximate surface area is 218 Å². The number of ether oxygens (including phenoxy) is 2. The number of aliphatic hydroxyl groups excluding tert-OH is 1. The van der Waals surface area contributed by atoms with Gasteiger partial charge in [0.15, 0.2) is 0 Å². The first-order valence-corrected chi connectivity index (χ1v) is 12.5. The number of amides is 1. The molecular weight excluding hydrogens is 466 g/mol. The molecule has 1 saturated heterocycles. The van der Waals surface area contributed by atoms with Crippen molar-refractivity contribution >= 4 is 23.1 Å². The van der Waals surface area contributed by atoms with Crippen LogP contribution in [-0.2, 0) is 9.59 Å². The zero-order valence-electron chi connectivity index (χ0n) is 22.2. The topological polar surface area (TPSA) is 76.1 Å². The Bertz CT molecular complexity index is 1350. The van der Waals surface area contributed by atoms with E-state index in [0.29, 0.717) is 40.8 Å². The molecular formula is C31H33NO5. The van der Waals surface area contributed by atoms with E-state index in [4.69, 9.17) is 9.47 Å². The van der Waals surface area contributed by atoms with Crippen molar-refractivity contribution in [2.75, 3.05) is 18.6 Å². The van der Waals surface area contributed by atoms with Crippen molar-refractivity contribution in [2.24, 2.45) is 0 Å². The number of carbonyl (C=O) groups is 2. The molecule has 1 heterocycles. The lowest BCUT2D eigenvalue weighted by Gasteiger charge is -2.26. The van der Waals surface area contributed by atoms with Crippen molar-refractivity contribution < 1.29 is 24.2 Å². The van der Waals surface area contributed by atoms with Gasteiger partial charge in [0.2, 0.25) is 0 Å². The lowest BCUT2D eigenvalue weighted by Crippen LogP contribution is -2.29. The Hall–Kier alpha value is -4.06. The normalized spacial score (nSPS) is 16.9. The first-order valence-electron chi connectivity index (χ1n) is 12.5. The van der Waals surface area contributed by atoms with Crippen molar-refractivity contribution in [1.82, 2.24) is 0 Å². The summed E-state index contributed by atoms with van der Waals surface area (Å²) in [5.41, 5.74) is 4.50. The van der Waals surface area contributed by atoms with Crippen molar-refractivity contribution in [3.05, 3.63) is 94.1 Å². The first-order chi connectivity index (χ1) is 17.7. The van der Waals surface area contributed by atoms with E-state index in [-0.39, 0.29) is 11.3 Å². The number of methoxy groups -OCH3 is 1. The Kier molecular flexibility index (Phi) is 7.39. The standard InChI is InChI=1S/C31H33NO5/c1-7-37-24-14-10-22(11-15-24)28-27(29(33)25-16-20(5)26(36-6)17-19(25)4)30(34)31(35)32(28)23-12-8-21(9-13-23)18(2)3/h8-18,28,33H,7H2,1-6H3/b29-27+. The van der Waals surface area contributed by atoms with E-state index < -0.39 is 17.7 Å². The van der Waals surface area contributed by atoms with Gasteiger partial charge in [0.1, 0.15) is 17.3 Å². The molecule has 37 heavy (non-hydrogen) atoms. The maximum Gasteiger partial charge on any atom is 0.300 e. The average molecular weight is 500 g/mol. The van der Waals surface area contributed by atoms with E-state index in [0.717, 1.165) is 16.7 Å². The summed E-state index contributed by atoms with van der Waals surface area (Å²) in [6.07, 6.45) is 0. The fourth-order valence-corrected chi connectivity index (χ4v) is 4.76. The van der Waals surface area contributed by atoms with Crippen molar-refractivity contribution in [3.8, 4) is 11.5 Å². The van der Waals surface area contributed by atoms with Gasteiger partial charge in [-0.15, -0.1) is 0 Å². The van der Waals surface area contributed by atoms with Crippen LogP contribution < -0.4 is 14.4 Å². The molecule has 0 aromatic heterocycles. The summed E-state index contributed by atoms with van der Waals surface area (Å²) in [5.74, 6) is 0.0844. The van der Waals surface area contributed by atoms with Gasteiger partial charge in [-0.3, -0.25) is 14.5 Å². The highest BCUT2D eigenvalue weighted by Crippen LogP contribution is 2.43. The van der Waals surface area contributed by atoms with E-state index in [1.807, 2.05) is 75.4 Å². The zero-order valence-corrected chi connectivity index (χ0v) is 22.2. The molecule has 1 unspecified atom stereocenters. The van der Waals surface area contributed by atoms with Gasteiger partial charge in [0.25, 0.3) is 11.7 Å². The van der Waals surface area contributed by atoms with Gasteiger partial charge in [-0.1, -0.05) is 38.1 Å². The highest BCUT2D eigenvalue weighted by atomic mass is 16.5. The lowest BCUT2D eigenvalue weighted by molar-refractivity contribution is -0.132. The minimum Gasteiger partial charge on any atom is -0.507 e. The average Bonchev–Trinajstić information content (AvgIpc) is 3.15. The Balaban J connectivity index is 1.92.